The van der Waals surface area contributed by atoms with Gasteiger partial charge in [-0.05, 0) is 0 Å². The van der Waals surface area contributed by atoms with Gasteiger partial charge in [-0.3, -0.25) is 0 Å². The monoisotopic (exact) mass is 346 g/mol. The van der Waals surface area contributed by atoms with Crippen molar-refractivity contribution in [3.05, 3.63) is 65.7 Å². The number of carbonyl (C=O) groups is 1. The summed E-state index contributed by atoms with van der Waals surface area (Å²) in [4.78, 5) is 12.3. The van der Waals surface area contributed by atoms with Crippen LogP contribution in [0.4, 0.5) is 0 Å². The van der Waals surface area contributed by atoms with Crippen molar-refractivity contribution in [2.24, 2.45) is 0 Å². The van der Waals surface area contributed by atoms with Crippen molar-refractivity contribution in [2.45, 2.75) is 12.7 Å². The summed E-state index contributed by atoms with van der Waals surface area (Å²) in [5.41, 5.74) is 2.58. The van der Waals surface area contributed by atoms with Crippen LogP contribution in [0.5, 0.6) is 0 Å². The third-order valence-electron chi connectivity index (χ3n) is 3.02. The number of hydrogen-bond acceptors (Lipinski definition) is 2. The van der Waals surface area contributed by atoms with Crippen LogP contribution in [0.2, 0.25) is 5.82 Å². The summed E-state index contributed by atoms with van der Waals surface area (Å²) in [5.74, 6) is 1.90. The van der Waals surface area contributed by atoms with Crippen LogP contribution >= 0.6 is 0 Å². The minimum absolute atomic E-state index is 0.276. The number of rotatable bonds is 5. The molecule has 2 aromatic rings. The molecule has 0 saturated heterocycles. The molecule has 21 heavy (non-hydrogen) atoms. The van der Waals surface area contributed by atoms with Gasteiger partial charge in [0, 0.05) is 0 Å². The van der Waals surface area contributed by atoms with Crippen LogP contribution in [0, 0.1) is 0 Å². The van der Waals surface area contributed by atoms with E-state index in [-0.39, 0.29) is 5.97 Å². The van der Waals surface area contributed by atoms with Crippen molar-refractivity contribution in [3.8, 4) is 0 Å². The van der Waals surface area contributed by atoms with Gasteiger partial charge in [-0.1, -0.05) is 0 Å². The fourth-order valence-corrected chi connectivity index (χ4v) is 3.24. The van der Waals surface area contributed by atoms with E-state index in [0.717, 1.165) is 11.1 Å². The summed E-state index contributed by atoms with van der Waals surface area (Å²) in [6.07, 6.45) is 1.94. The molecule has 3 heteroatoms. The molecule has 0 radical (unpaired) electrons. The van der Waals surface area contributed by atoms with E-state index >= 15 is 0 Å². The average molecular weight is 345 g/mol. The molecular formula is C18H18O2Se. The molecule has 0 aliphatic heterocycles. The van der Waals surface area contributed by atoms with Gasteiger partial charge in [0.25, 0.3) is 0 Å². The number of hydrogen-bond donors (Lipinski definition) is 0. The SMILES string of the molecule is CCOC(=O)/C(=C/c1ccccc1[Se]C)c1ccccc1. The van der Waals surface area contributed by atoms with Gasteiger partial charge >= 0.3 is 132 Å². The number of benzene rings is 2. The van der Waals surface area contributed by atoms with Crippen molar-refractivity contribution in [1.82, 2.24) is 0 Å². The fraction of sp³-hybridized carbons (Fsp3) is 0.167. The quantitative estimate of drug-likeness (QED) is 0.360. The third-order valence-corrected chi connectivity index (χ3v) is 4.72. The number of esters is 1. The molecule has 0 aromatic heterocycles. The van der Waals surface area contributed by atoms with Gasteiger partial charge in [0.2, 0.25) is 0 Å². The summed E-state index contributed by atoms with van der Waals surface area (Å²) in [6.45, 7) is 2.20. The molecule has 0 N–H and O–H groups in total. The summed E-state index contributed by atoms with van der Waals surface area (Å²) in [5, 5.41) is 0. The van der Waals surface area contributed by atoms with Crippen LogP contribution in [0.15, 0.2) is 54.6 Å². The van der Waals surface area contributed by atoms with E-state index < -0.39 is 0 Å². The normalized spacial score (nSPS) is 11.2. The predicted molar refractivity (Wildman–Crippen MR) is 88.6 cm³/mol. The first kappa shape index (κ1) is 15.6. The molecule has 0 aliphatic rings. The Labute approximate surface area is 132 Å². The second-order valence-electron chi connectivity index (χ2n) is 4.39. The Hall–Kier alpha value is -1.83. The van der Waals surface area contributed by atoms with Crippen molar-refractivity contribution >= 4 is 37.0 Å². The first-order valence-corrected chi connectivity index (χ1v) is 9.40. The van der Waals surface area contributed by atoms with Crippen molar-refractivity contribution in [2.75, 3.05) is 6.61 Å². The van der Waals surface area contributed by atoms with Crippen molar-refractivity contribution < 1.29 is 9.53 Å². The van der Waals surface area contributed by atoms with Gasteiger partial charge in [-0.2, -0.15) is 0 Å². The zero-order valence-electron chi connectivity index (χ0n) is 12.2. The van der Waals surface area contributed by atoms with Gasteiger partial charge < -0.3 is 0 Å². The van der Waals surface area contributed by atoms with Crippen LogP contribution in [0.1, 0.15) is 18.1 Å². The van der Waals surface area contributed by atoms with E-state index in [1.54, 1.807) is 0 Å². The van der Waals surface area contributed by atoms with E-state index in [2.05, 4.69) is 11.9 Å². The molecule has 0 fully saturated rings. The molecule has 108 valence electrons. The van der Waals surface area contributed by atoms with Crippen LogP contribution in [0.3, 0.4) is 0 Å². The Kier molecular flexibility index (Phi) is 5.79. The predicted octanol–water partition coefficient (Wildman–Crippen LogP) is 3.17. The summed E-state index contributed by atoms with van der Waals surface area (Å²) >= 11 is 0.379. The van der Waals surface area contributed by atoms with E-state index in [4.69, 9.17) is 4.74 Å². The second kappa shape index (κ2) is 7.82. The summed E-state index contributed by atoms with van der Waals surface area (Å²) < 4.78 is 6.48. The second-order valence-corrected chi connectivity index (χ2v) is 6.17. The van der Waals surface area contributed by atoms with E-state index in [0.29, 0.717) is 27.1 Å². The van der Waals surface area contributed by atoms with Crippen molar-refractivity contribution in [3.63, 3.8) is 0 Å². The summed E-state index contributed by atoms with van der Waals surface area (Å²) in [6, 6.07) is 17.8. The van der Waals surface area contributed by atoms with Crippen LogP contribution < -0.4 is 4.46 Å². The zero-order chi connectivity index (χ0) is 15.1. The molecule has 0 atom stereocenters. The topological polar surface area (TPSA) is 26.3 Å². The third kappa shape index (κ3) is 4.07. The first-order valence-electron chi connectivity index (χ1n) is 6.83. The molecule has 2 nitrogen and oxygen atoms in total. The Morgan fingerprint density at radius 1 is 1.10 bits per heavy atom. The molecular weight excluding hydrogens is 327 g/mol. The maximum atomic E-state index is 12.3. The molecule has 2 aromatic carbocycles. The fourth-order valence-electron chi connectivity index (χ4n) is 2.03. The van der Waals surface area contributed by atoms with E-state index in [1.807, 2.05) is 61.5 Å². The van der Waals surface area contributed by atoms with Crippen LogP contribution in [-0.4, -0.2) is 27.5 Å². The molecule has 0 heterocycles. The molecule has 2 rings (SSSR count). The first-order chi connectivity index (χ1) is 10.3. The standard InChI is InChI=1S/C18H18O2Se/c1-3-20-18(19)16(14-9-5-4-6-10-14)13-15-11-7-8-12-17(15)21-2/h4-13H,3H2,1-2H3/b16-13+. The number of ether oxygens (including phenoxy) is 1. The van der Waals surface area contributed by atoms with Crippen LogP contribution in [-0.2, 0) is 9.53 Å². The summed E-state index contributed by atoms with van der Waals surface area (Å²) in [7, 11) is 0. The van der Waals surface area contributed by atoms with E-state index in [1.165, 1.54) is 4.46 Å². The van der Waals surface area contributed by atoms with Gasteiger partial charge in [-0.25, -0.2) is 0 Å². The molecule has 0 unspecified atom stereocenters. The van der Waals surface area contributed by atoms with Gasteiger partial charge in [-0.15, -0.1) is 0 Å². The Bertz CT molecular complexity index is 633. The maximum absolute atomic E-state index is 12.3. The average Bonchev–Trinajstić information content (AvgIpc) is 2.54. The number of carbonyl (C=O) groups excluding carboxylic acids is 1. The molecule has 0 aliphatic carbocycles. The molecule has 0 spiro atoms. The van der Waals surface area contributed by atoms with E-state index in [9.17, 15) is 4.79 Å². The van der Waals surface area contributed by atoms with Crippen molar-refractivity contribution in [1.29, 1.82) is 0 Å². The molecule has 0 saturated carbocycles. The van der Waals surface area contributed by atoms with Gasteiger partial charge in [0.15, 0.2) is 0 Å². The Balaban J connectivity index is 2.49. The zero-order valence-corrected chi connectivity index (χ0v) is 13.9. The minimum atomic E-state index is -0.276. The van der Waals surface area contributed by atoms with Gasteiger partial charge in [0.05, 0.1) is 0 Å². The van der Waals surface area contributed by atoms with Gasteiger partial charge in [0.1, 0.15) is 0 Å². The molecule has 0 amide bonds. The molecule has 0 bridgehead atoms. The van der Waals surface area contributed by atoms with Crippen LogP contribution in [0.25, 0.3) is 11.6 Å². The Morgan fingerprint density at radius 2 is 1.76 bits per heavy atom. The Morgan fingerprint density at radius 3 is 2.43 bits per heavy atom.